The molecule has 0 radical (unpaired) electrons. The molecule has 70 valence electrons. The molecule has 0 heterocycles. The van der Waals surface area contributed by atoms with Crippen molar-refractivity contribution < 1.29 is 9.59 Å². The lowest BCUT2D eigenvalue weighted by Crippen LogP contribution is -1.79. The summed E-state index contributed by atoms with van der Waals surface area (Å²) in [5, 5.41) is 0. The van der Waals surface area contributed by atoms with Crippen LogP contribution >= 0.6 is 11.6 Å². The van der Waals surface area contributed by atoms with E-state index in [0.29, 0.717) is 5.56 Å². The van der Waals surface area contributed by atoms with Crippen LogP contribution in [-0.4, -0.2) is 12.2 Å². The van der Waals surface area contributed by atoms with E-state index < -0.39 is 0 Å². The van der Waals surface area contributed by atoms with E-state index in [4.69, 9.17) is 11.6 Å². The molecule has 4 nitrogen and oxygen atoms in total. The zero-order chi connectivity index (χ0) is 10.4. The van der Waals surface area contributed by atoms with Crippen molar-refractivity contribution in [2.24, 2.45) is 9.98 Å². The fourth-order valence-electron chi connectivity index (χ4n) is 1.000. The van der Waals surface area contributed by atoms with Crippen molar-refractivity contribution in [3.63, 3.8) is 0 Å². The minimum absolute atomic E-state index is 0.183. The average Bonchev–Trinajstić information content (AvgIpc) is 2.21. The molecular formula is C9H5ClN2O2. The molecule has 0 aliphatic heterocycles. The zero-order valence-electron chi connectivity index (χ0n) is 7.03. The van der Waals surface area contributed by atoms with Crippen LogP contribution in [0.4, 0.5) is 11.4 Å². The summed E-state index contributed by atoms with van der Waals surface area (Å²) in [5.74, 6) is 0.183. The van der Waals surface area contributed by atoms with Crippen molar-refractivity contribution in [2.75, 3.05) is 0 Å². The summed E-state index contributed by atoms with van der Waals surface area (Å²) < 4.78 is 0. The third-order valence-electron chi connectivity index (χ3n) is 1.57. The molecule has 5 heteroatoms. The highest BCUT2D eigenvalue weighted by atomic mass is 35.5. The molecule has 0 aliphatic carbocycles. The van der Waals surface area contributed by atoms with Gasteiger partial charge in [0, 0.05) is 5.88 Å². The fraction of sp³-hybridized carbons (Fsp3) is 0.111. The van der Waals surface area contributed by atoms with Crippen LogP contribution in [0.1, 0.15) is 5.56 Å². The van der Waals surface area contributed by atoms with E-state index in [2.05, 4.69) is 9.98 Å². The average molecular weight is 209 g/mol. The van der Waals surface area contributed by atoms with Gasteiger partial charge in [0.15, 0.2) is 0 Å². The van der Waals surface area contributed by atoms with Gasteiger partial charge >= 0.3 is 0 Å². The molecule has 0 bridgehead atoms. The number of hydrogen-bond donors (Lipinski definition) is 0. The molecule has 0 aliphatic rings. The van der Waals surface area contributed by atoms with Crippen LogP contribution < -0.4 is 0 Å². The summed E-state index contributed by atoms with van der Waals surface area (Å²) in [4.78, 5) is 27.0. The second-order valence-electron chi connectivity index (χ2n) is 2.32. The Morgan fingerprint density at radius 2 is 1.93 bits per heavy atom. The summed E-state index contributed by atoms with van der Waals surface area (Å²) >= 11 is 5.61. The maximum absolute atomic E-state index is 10.1. The molecule has 0 unspecified atom stereocenters. The van der Waals surface area contributed by atoms with E-state index in [9.17, 15) is 9.59 Å². The second-order valence-corrected chi connectivity index (χ2v) is 2.59. The van der Waals surface area contributed by atoms with E-state index in [1.165, 1.54) is 18.2 Å². The predicted molar refractivity (Wildman–Crippen MR) is 51.6 cm³/mol. The third-order valence-corrected chi connectivity index (χ3v) is 1.85. The summed E-state index contributed by atoms with van der Waals surface area (Å²) in [6, 6.07) is 4.89. The van der Waals surface area contributed by atoms with Crippen molar-refractivity contribution in [2.45, 2.75) is 5.88 Å². The molecule has 0 aromatic heterocycles. The van der Waals surface area contributed by atoms with Crippen LogP contribution in [0.3, 0.4) is 0 Å². The van der Waals surface area contributed by atoms with Crippen LogP contribution in [0.15, 0.2) is 28.2 Å². The van der Waals surface area contributed by atoms with Crippen LogP contribution in [0.2, 0.25) is 0 Å². The van der Waals surface area contributed by atoms with E-state index in [1.807, 2.05) is 0 Å². The molecule has 0 amide bonds. The van der Waals surface area contributed by atoms with Crippen molar-refractivity contribution in [3.05, 3.63) is 23.8 Å². The number of halogens is 1. The highest BCUT2D eigenvalue weighted by molar-refractivity contribution is 6.17. The quantitative estimate of drug-likeness (QED) is 0.435. The summed E-state index contributed by atoms with van der Waals surface area (Å²) in [7, 11) is 0. The number of rotatable bonds is 3. The number of para-hydroxylation sites is 1. The Labute approximate surface area is 84.9 Å². The van der Waals surface area contributed by atoms with Crippen molar-refractivity contribution in [3.8, 4) is 0 Å². The van der Waals surface area contributed by atoms with E-state index in [-0.39, 0.29) is 17.3 Å². The maximum atomic E-state index is 10.1. The molecule has 14 heavy (non-hydrogen) atoms. The summed E-state index contributed by atoms with van der Waals surface area (Å²) in [5.41, 5.74) is 1.15. The Morgan fingerprint density at radius 3 is 2.50 bits per heavy atom. The van der Waals surface area contributed by atoms with Crippen molar-refractivity contribution in [1.29, 1.82) is 0 Å². The zero-order valence-corrected chi connectivity index (χ0v) is 7.78. The normalized spacial score (nSPS) is 8.64. The number of alkyl halides is 1. The highest BCUT2D eigenvalue weighted by Gasteiger charge is 2.05. The van der Waals surface area contributed by atoms with Gasteiger partial charge in [0.2, 0.25) is 12.2 Å². The van der Waals surface area contributed by atoms with Gasteiger partial charge in [0.1, 0.15) is 11.4 Å². The first kappa shape index (κ1) is 10.4. The largest absolute Gasteiger partial charge is 0.240 e. The van der Waals surface area contributed by atoms with Gasteiger partial charge in [0.25, 0.3) is 0 Å². The summed E-state index contributed by atoms with van der Waals surface area (Å²) in [6.45, 7) is 0. The lowest BCUT2D eigenvalue weighted by atomic mass is 10.2. The number of carbonyl (C=O) groups excluding carboxylic acids is 2. The van der Waals surface area contributed by atoms with E-state index in [0.717, 1.165) is 0 Å². The molecule has 0 saturated heterocycles. The first-order valence-corrected chi connectivity index (χ1v) is 4.20. The van der Waals surface area contributed by atoms with Crippen LogP contribution in [-0.2, 0) is 15.5 Å². The Morgan fingerprint density at radius 1 is 1.21 bits per heavy atom. The SMILES string of the molecule is O=C=Nc1cccc(CCl)c1N=C=O. The van der Waals surface area contributed by atoms with Crippen molar-refractivity contribution >= 4 is 35.1 Å². The lowest BCUT2D eigenvalue weighted by Gasteiger charge is -2.01. The monoisotopic (exact) mass is 208 g/mol. The Bertz CT molecular complexity index is 432. The van der Waals surface area contributed by atoms with Crippen LogP contribution in [0, 0.1) is 0 Å². The van der Waals surface area contributed by atoms with Crippen LogP contribution in [0.5, 0.6) is 0 Å². The Kier molecular flexibility index (Phi) is 3.77. The topological polar surface area (TPSA) is 58.9 Å². The van der Waals surface area contributed by atoms with Gasteiger partial charge in [-0.15, -0.1) is 11.6 Å². The van der Waals surface area contributed by atoms with Gasteiger partial charge in [-0.2, -0.15) is 9.98 Å². The number of benzene rings is 1. The van der Waals surface area contributed by atoms with E-state index >= 15 is 0 Å². The van der Waals surface area contributed by atoms with E-state index in [1.54, 1.807) is 12.1 Å². The Hall–Kier alpha value is -1.73. The van der Waals surface area contributed by atoms with Crippen LogP contribution in [0.25, 0.3) is 0 Å². The first-order chi connectivity index (χ1) is 6.83. The molecule has 1 rings (SSSR count). The van der Waals surface area contributed by atoms with Crippen molar-refractivity contribution in [1.82, 2.24) is 0 Å². The number of hydrogen-bond acceptors (Lipinski definition) is 4. The molecule has 0 spiro atoms. The smallest absolute Gasteiger partial charge is 0.211 e. The molecular weight excluding hydrogens is 204 g/mol. The molecule has 1 aromatic rings. The predicted octanol–water partition coefficient (Wildman–Crippen LogP) is 2.36. The molecule has 0 atom stereocenters. The molecule has 0 saturated carbocycles. The minimum Gasteiger partial charge on any atom is -0.211 e. The fourth-order valence-corrected chi connectivity index (χ4v) is 1.22. The second kappa shape index (κ2) is 5.10. The molecule has 0 fully saturated rings. The first-order valence-electron chi connectivity index (χ1n) is 3.67. The number of isocyanates is 2. The minimum atomic E-state index is 0.183. The molecule has 0 N–H and O–H groups in total. The molecule has 1 aromatic carbocycles. The standard InChI is InChI=1S/C9H5ClN2O2/c10-4-7-2-1-3-8(11-5-13)9(7)12-6-14/h1-3H,4H2. The lowest BCUT2D eigenvalue weighted by molar-refractivity contribution is 0.564. The highest BCUT2D eigenvalue weighted by Crippen LogP contribution is 2.31. The number of nitrogens with zero attached hydrogens (tertiary/aromatic N) is 2. The number of aliphatic imine (C=N–C) groups is 2. The van der Waals surface area contributed by atoms with Gasteiger partial charge in [-0.25, -0.2) is 9.59 Å². The van der Waals surface area contributed by atoms with Gasteiger partial charge in [0.05, 0.1) is 0 Å². The van der Waals surface area contributed by atoms with Gasteiger partial charge < -0.3 is 0 Å². The van der Waals surface area contributed by atoms with Gasteiger partial charge in [-0.05, 0) is 11.6 Å². The van der Waals surface area contributed by atoms with Gasteiger partial charge in [-0.1, -0.05) is 12.1 Å². The Balaban J connectivity index is 3.41. The maximum Gasteiger partial charge on any atom is 0.240 e. The summed E-state index contributed by atoms with van der Waals surface area (Å²) in [6.07, 6.45) is 2.76. The third kappa shape index (κ3) is 2.15. The van der Waals surface area contributed by atoms with Gasteiger partial charge in [-0.3, -0.25) is 0 Å².